The van der Waals surface area contributed by atoms with Crippen molar-refractivity contribution in [2.45, 2.75) is 6.54 Å². The topological polar surface area (TPSA) is 67.0 Å². The van der Waals surface area contributed by atoms with E-state index in [1.165, 1.54) is 25.3 Å². The molecule has 0 spiro atoms. The molecule has 1 amide bonds. The summed E-state index contributed by atoms with van der Waals surface area (Å²) in [6.45, 7) is 0.378. The number of carbonyl (C=O) groups is 1. The molecule has 3 aromatic carbocycles. The zero-order chi connectivity index (χ0) is 21.8. The summed E-state index contributed by atoms with van der Waals surface area (Å²) in [6.07, 6.45) is 3.08. The summed E-state index contributed by atoms with van der Waals surface area (Å²) in [5.41, 5.74) is 2.68. The predicted molar refractivity (Wildman–Crippen MR) is 116 cm³/mol. The van der Waals surface area contributed by atoms with Crippen LogP contribution in [0.5, 0.6) is 5.75 Å². The Morgan fingerprint density at radius 1 is 1.10 bits per heavy atom. The smallest absolute Gasteiger partial charge is 0.255 e. The van der Waals surface area contributed by atoms with Crippen LogP contribution in [0.15, 0.2) is 60.7 Å². The van der Waals surface area contributed by atoms with Gasteiger partial charge in [-0.25, -0.2) is 8.78 Å². The van der Waals surface area contributed by atoms with Crippen LogP contribution in [0.3, 0.4) is 0 Å². The van der Waals surface area contributed by atoms with Crippen molar-refractivity contribution >= 4 is 29.0 Å². The first-order chi connectivity index (χ1) is 15.1. The lowest BCUT2D eigenvalue weighted by Crippen LogP contribution is -2.23. The molecule has 5 nitrogen and oxygen atoms in total. The Bertz CT molecular complexity index is 1270. The molecule has 2 N–H and O–H groups in total. The number of hydrogen-bond donors (Lipinski definition) is 2. The van der Waals surface area contributed by atoms with Gasteiger partial charge in [-0.2, -0.15) is 5.10 Å². The van der Waals surface area contributed by atoms with Gasteiger partial charge in [0.1, 0.15) is 17.4 Å². The maximum Gasteiger partial charge on any atom is 0.255 e. The van der Waals surface area contributed by atoms with Crippen molar-refractivity contribution in [3.8, 4) is 5.75 Å². The third-order valence-corrected chi connectivity index (χ3v) is 4.84. The van der Waals surface area contributed by atoms with E-state index in [9.17, 15) is 13.6 Å². The standard InChI is InChI=1S/C24H19F2N3O2/c1-31-23-18(24(30)27-14-15-5-3-2-4-6-15)10-12-21-22(23)20(28-29-21)11-8-16-7-9-17(25)13-19(16)26/h2-13H,14H2,1H3,(H,27,30)(H,28,29)/b11-8+. The first-order valence-corrected chi connectivity index (χ1v) is 9.57. The number of hydrogen-bond acceptors (Lipinski definition) is 3. The lowest BCUT2D eigenvalue weighted by Gasteiger charge is -2.11. The minimum atomic E-state index is -0.677. The monoisotopic (exact) mass is 419 g/mol. The summed E-state index contributed by atoms with van der Waals surface area (Å²) >= 11 is 0. The third kappa shape index (κ3) is 4.30. The Kier molecular flexibility index (Phi) is 5.75. The number of methoxy groups -OCH3 is 1. The summed E-state index contributed by atoms with van der Waals surface area (Å²) in [5.74, 6) is -1.25. The van der Waals surface area contributed by atoms with Crippen LogP contribution in [-0.4, -0.2) is 23.2 Å². The number of H-pyrrole nitrogens is 1. The van der Waals surface area contributed by atoms with Gasteiger partial charge in [-0.05, 0) is 42.0 Å². The number of rotatable bonds is 6. The summed E-state index contributed by atoms with van der Waals surface area (Å²) in [5, 5.41) is 10.6. The Balaban J connectivity index is 1.66. The Morgan fingerprint density at radius 2 is 1.90 bits per heavy atom. The number of benzene rings is 3. The van der Waals surface area contributed by atoms with Gasteiger partial charge in [-0.15, -0.1) is 0 Å². The Labute approximate surface area is 177 Å². The second kappa shape index (κ2) is 8.79. The van der Waals surface area contributed by atoms with Gasteiger partial charge in [-0.1, -0.05) is 30.3 Å². The fraction of sp³-hybridized carbons (Fsp3) is 0.0833. The van der Waals surface area contributed by atoms with Crippen molar-refractivity contribution in [2.75, 3.05) is 7.11 Å². The van der Waals surface area contributed by atoms with Crippen molar-refractivity contribution < 1.29 is 18.3 Å². The number of ether oxygens (including phenoxy) is 1. The van der Waals surface area contributed by atoms with Crippen LogP contribution >= 0.6 is 0 Å². The summed E-state index contributed by atoms with van der Waals surface area (Å²) in [7, 11) is 1.48. The molecule has 0 aliphatic carbocycles. The van der Waals surface area contributed by atoms with Crippen molar-refractivity contribution in [1.82, 2.24) is 15.5 Å². The quantitative estimate of drug-likeness (QED) is 0.465. The molecule has 0 saturated heterocycles. The number of amides is 1. The van der Waals surface area contributed by atoms with Gasteiger partial charge < -0.3 is 10.1 Å². The minimum absolute atomic E-state index is 0.216. The molecule has 4 rings (SSSR count). The molecular weight excluding hydrogens is 400 g/mol. The molecule has 0 saturated carbocycles. The van der Waals surface area contributed by atoms with Crippen molar-refractivity contribution in [1.29, 1.82) is 0 Å². The highest BCUT2D eigenvalue weighted by atomic mass is 19.1. The number of fused-ring (bicyclic) bond motifs is 1. The van der Waals surface area contributed by atoms with Crippen molar-refractivity contribution in [2.24, 2.45) is 0 Å². The molecule has 7 heteroatoms. The lowest BCUT2D eigenvalue weighted by atomic mass is 10.1. The van der Waals surface area contributed by atoms with Gasteiger partial charge in [0.15, 0.2) is 0 Å². The summed E-state index contributed by atoms with van der Waals surface area (Å²) < 4.78 is 32.6. The average Bonchev–Trinajstić information content (AvgIpc) is 3.20. The number of aromatic nitrogens is 2. The fourth-order valence-corrected chi connectivity index (χ4v) is 3.30. The van der Waals surface area contributed by atoms with Gasteiger partial charge in [-0.3, -0.25) is 9.89 Å². The highest BCUT2D eigenvalue weighted by Gasteiger charge is 2.18. The molecule has 0 atom stereocenters. The van der Waals surface area contributed by atoms with Crippen LogP contribution < -0.4 is 10.1 Å². The largest absolute Gasteiger partial charge is 0.495 e. The highest BCUT2D eigenvalue weighted by molar-refractivity contribution is 6.05. The second-order valence-electron chi connectivity index (χ2n) is 6.85. The van der Waals surface area contributed by atoms with E-state index in [1.807, 2.05) is 30.3 Å². The maximum atomic E-state index is 13.9. The molecule has 0 fully saturated rings. The van der Waals surface area contributed by atoms with E-state index in [4.69, 9.17) is 4.74 Å². The molecule has 1 heterocycles. The maximum absolute atomic E-state index is 13.9. The van der Waals surface area contributed by atoms with E-state index in [-0.39, 0.29) is 11.5 Å². The Morgan fingerprint density at radius 3 is 2.65 bits per heavy atom. The van der Waals surface area contributed by atoms with Gasteiger partial charge in [0, 0.05) is 18.2 Å². The summed E-state index contributed by atoms with van der Waals surface area (Å²) in [4.78, 5) is 12.8. The van der Waals surface area contributed by atoms with Gasteiger partial charge in [0.25, 0.3) is 5.91 Å². The molecule has 0 bridgehead atoms. The molecule has 0 aliphatic heterocycles. The normalized spacial score (nSPS) is 11.2. The van der Waals surface area contributed by atoms with Crippen LogP contribution in [0.4, 0.5) is 8.78 Å². The molecule has 0 radical (unpaired) electrons. The zero-order valence-corrected chi connectivity index (χ0v) is 16.7. The molecule has 156 valence electrons. The molecule has 31 heavy (non-hydrogen) atoms. The van der Waals surface area contributed by atoms with E-state index < -0.39 is 11.6 Å². The Hall–Kier alpha value is -4.00. The summed E-state index contributed by atoms with van der Waals surface area (Å²) in [6, 6.07) is 16.3. The fourth-order valence-electron chi connectivity index (χ4n) is 3.30. The molecule has 0 unspecified atom stereocenters. The number of nitrogens with zero attached hydrogens (tertiary/aromatic N) is 1. The number of halogens is 2. The van der Waals surface area contributed by atoms with E-state index in [2.05, 4.69) is 15.5 Å². The molecule has 1 aromatic heterocycles. The van der Waals surface area contributed by atoms with Crippen LogP contribution in [0.1, 0.15) is 27.2 Å². The van der Waals surface area contributed by atoms with Crippen molar-refractivity contribution in [3.63, 3.8) is 0 Å². The first-order valence-electron chi connectivity index (χ1n) is 9.57. The minimum Gasteiger partial charge on any atom is -0.495 e. The highest BCUT2D eigenvalue weighted by Crippen LogP contribution is 2.32. The molecule has 4 aromatic rings. The van der Waals surface area contributed by atoms with Gasteiger partial charge >= 0.3 is 0 Å². The van der Waals surface area contributed by atoms with E-state index in [1.54, 1.807) is 18.2 Å². The predicted octanol–water partition coefficient (Wildman–Crippen LogP) is 4.95. The third-order valence-electron chi connectivity index (χ3n) is 4.84. The first kappa shape index (κ1) is 20.3. The van der Waals surface area contributed by atoms with Gasteiger partial charge in [0.2, 0.25) is 0 Å². The SMILES string of the molecule is COc1c(C(=O)NCc2ccccc2)ccc2[nH]nc(/C=C/c3ccc(F)cc3F)c12. The number of carbonyl (C=O) groups excluding carboxylic acids is 1. The average molecular weight is 419 g/mol. The van der Waals surface area contributed by atoms with Crippen molar-refractivity contribution in [3.05, 3.63) is 94.7 Å². The lowest BCUT2D eigenvalue weighted by molar-refractivity contribution is 0.0948. The molecule has 0 aliphatic rings. The van der Waals surface area contributed by atoms with Crippen LogP contribution in [0.2, 0.25) is 0 Å². The van der Waals surface area contributed by atoms with E-state index in [0.717, 1.165) is 11.6 Å². The van der Waals surface area contributed by atoms with Crippen LogP contribution in [0.25, 0.3) is 23.1 Å². The van der Waals surface area contributed by atoms with E-state index in [0.29, 0.717) is 34.5 Å². The number of nitrogens with one attached hydrogen (secondary N) is 2. The zero-order valence-electron chi connectivity index (χ0n) is 16.7. The van der Waals surface area contributed by atoms with E-state index >= 15 is 0 Å². The second-order valence-corrected chi connectivity index (χ2v) is 6.85. The van der Waals surface area contributed by atoms with Crippen LogP contribution in [0, 0.1) is 11.6 Å². The van der Waals surface area contributed by atoms with Crippen LogP contribution in [-0.2, 0) is 6.54 Å². The molecular formula is C24H19F2N3O2. The number of aromatic amines is 1. The van der Waals surface area contributed by atoms with Gasteiger partial charge in [0.05, 0.1) is 29.3 Å².